The highest BCUT2D eigenvalue weighted by atomic mass is 19.3. The van der Waals surface area contributed by atoms with Crippen molar-refractivity contribution in [2.24, 2.45) is 0 Å². The summed E-state index contributed by atoms with van der Waals surface area (Å²) in [6.45, 7) is 4.92. The second-order valence-corrected chi connectivity index (χ2v) is 11.2. The average molecular weight is 606 g/mol. The van der Waals surface area contributed by atoms with Gasteiger partial charge in [-0.05, 0) is 65.4 Å². The molecule has 228 valence electrons. The lowest BCUT2D eigenvalue weighted by molar-refractivity contribution is -0.00577. The summed E-state index contributed by atoms with van der Waals surface area (Å²) in [6.07, 6.45) is 0.110. The molecule has 0 saturated carbocycles. The van der Waals surface area contributed by atoms with Gasteiger partial charge >= 0.3 is 6.03 Å². The number of benzene rings is 3. The van der Waals surface area contributed by atoms with Crippen LogP contribution in [-0.4, -0.2) is 44.0 Å². The smallest absolute Gasteiger partial charge is 0.322 e. The predicted molar refractivity (Wildman–Crippen MR) is 171 cm³/mol. The van der Waals surface area contributed by atoms with E-state index in [0.717, 1.165) is 56.8 Å². The van der Waals surface area contributed by atoms with E-state index in [-0.39, 0.29) is 11.6 Å². The lowest BCUT2D eigenvalue weighted by Crippen LogP contribution is -2.39. The number of aryl methyl sites for hydroxylation is 2. The number of amides is 2. The number of nitrogens with zero attached hydrogens (tertiary/aromatic N) is 4. The minimum Gasteiger partial charge on any atom is -0.382 e. The maximum Gasteiger partial charge on any atom is 0.322 e. The number of hydrogen-bond acceptors (Lipinski definition) is 5. The summed E-state index contributed by atoms with van der Waals surface area (Å²) in [6, 6.07) is 23.9. The molecule has 7 nitrogen and oxygen atoms in total. The number of alkyl halides is 2. The number of carbonyl (C=O) groups excluding carboxylic acids is 1. The highest BCUT2D eigenvalue weighted by molar-refractivity contribution is 5.91. The van der Waals surface area contributed by atoms with Gasteiger partial charge in [-0.2, -0.15) is 0 Å². The van der Waals surface area contributed by atoms with E-state index in [1.165, 1.54) is 12.1 Å². The molecule has 1 atom stereocenters. The third-order valence-electron chi connectivity index (χ3n) is 8.14. The fraction of sp³-hybridized carbons (Fsp3) is 0.222. The molecule has 2 amide bonds. The Kier molecular flexibility index (Phi) is 8.62. The second kappa shape index (κ2) is 12.9. The van der Waals surface area contributed by atoms with E-state index < -0.39 is 12.5 Å². The van der Waals surface area contributed by atoms with Crippen LogP contribution in [0.2, 0.25) is 0 Å². The molecule has 2 N–H and O–H groups in total. The van der Waals surface area contributed by atoms with Crippen molar-refractivity contribution < 1.29 is 18.7 Å². The fourth-order valence-electron chi connectivity index (χ4n) is 5.63. The monoisotopic (exact) mass is 605 g/mol. The van der Waals surface area contributed by atoms with Gasteiger partial charge in [0.2, 0.25) is 0 Å². The molecular weight excluding hydrogens is 572 g/mol. The van der Waals surface area contributed by atoms with Gasteiger partial charge in [-0.3, -0.25) is 4.98 Å². The molecule has 2 aromatic heterocycles. The minimum atomic E-state index is -2.86. The first-order chi connectivity index (χ1) is 21.8. The molecular formula is C36H33F2N5O2. The normalized spacial score (nSPS) is 13.4. The Morgan fingerprint density at radius 2 is 1.78 bits per heavy atom. The lowest BCUT2D eigenvalue weighted by Gasteiger charge is -2.30. The number of halogens is 2. The zero-order chi connectivity index (χ0) is 31.5. The van der Waals surface area contributed by atoms with Crippen LogP contribution in [-0.2, 0) is 19.4 Å². The number of hydrogen-bond donors (Lipinski definition) is 2. The second-order valence-electron chi connectivity index (χ2n) is 11.2. The highest BCUT2D eigenvalue weighted by Crippen LogP contribution is 2.33. The van der Waals surface area contributed by atoms with E-state index in [9.17, 15) is 18.7 Å². The predicted octanol–water partition coefficient (Wildman–Crippen LogP) is 7.63. The van der Waals surface area contributed by atoms with Crippen LogP contribution in [0.5, 0.6) is 0 Å². The maximum atomic E-state index is 13.7. The summed E-state index contributed by atoms with van der Waals surface area (Å²) >= 11 is 0. The molecule has 1 aliphatic heterocycles. The van der Waals surface area contributed by atoms with Crippen molar-refractivity contribution in [1.82, 2.24) is 19.9 Å². The third kappa shape index (κ3) is 6.44. The number of fused-ring (bicyclic) bond motifs is 1. The molecule has 5 aromatic rings. The zero-order valence-electron chi connectivity index (χ0n) is 25.0. The van der Waals surface area contributed by atoms with Gasteiger partial charge in [0.1, 0.15) is 6.10 Å². The van der Waals surface area contributed by atoms with Crippen LogP contribution in [0.15, 0.2) is 91.3 Å². The van der Waals surface area contributed by atoms with Crippen LogP contribution >= 0.6 is 0 Å². The Balaban J connectivity index is 1.28. The first-order valence-corrected chi connectivity index (χ1v) is 14.9. The molecule has 1 unspecified atom stereocenters. The van der Waals surface area contributed by atoms with E-state index in [0.29, 0.717) is 31.0 Å². The summed E-state index contributed by atoms with van der Waals surface area (Å²) in [5, 5.41) is 12.8. The van der Waals surface area contributed by atoms with Crippen LogP contribution in [0.1, 0.15) is 41.0 Å². The van der Waals surface area contributed by atoms with Crippen LogP contribution in [0, 0.1) is 6.92 Å². The van der Waals surface area contributed by atoms with Gasteiger partial charge in [-0.15, -0.1) is 0 Å². The number of aromatic nitrogens is 3. The van der Waals surface area contributed by atoms with Crippen molar-refractivity contribution in [3.8, 4) is 33.8 Å². The van der Waals surface area contributed by atoms with Gasteiger partial charge in [0.15, 0.2) is 5.82 Å². The number of pyridine rings is 1. The summed E-state index contributed by atoms with van der Waals surface area (Å²) in [4.78, 5) is 29.6. The van der Waals surface area contributed by atoms with Gasteiger partial charge in [-0.1, -0.05) is 61.5 Å². The first-order valence-electron chi connectivity index (χ1n) is 14.9. The van der Waals surface area contributed by atoms with E-state index in [4.69, 9.17) is 9.97 Å². The van der Waals surface area contributed by atoms with Crippen LogP contribution in [0.3, 0.4) is 0 Å². The third-order valence-corrected chi connectivity index (χ3v) is 8.14. The number of rotatable bonds is 7. The Morgan fingerprint density at radius 3 is 2.49 bits per heavy atom. The number of carbonyl (C=O) groups is 1. The standard InChI is InChI=1S/C36H33F2N5O2/c1-3-23-17-27(24-10-12-25(13-11-24)33(44)34(37)38)19-28(18-23)40-36(45)43-16-14-31-30(21-43)32(29-9-5-4-7-22(29)2)42-35(41-31)26-8-6-15-39-20-26/h4-13,15,17-20,33-34,44H,3,14,16,21H2,1-2H3,(H,40,45). The number of urea groups is 1. The molecule has 0 aliphatic carbocycles. The Labute approximate surface area is 260 Å². The largest absolute Gasteiger partial charge is 0.382 e. The number of aliphatic hydroxyl groups is 1. The van der Waals surface area contributed by atoms with Crippen LogP contribution < -0.4 is 5.32 Å². The number of nitrogens with one attached hydrogen (secondary N) is 1. The average Bonchev–Trinajstić information content (AvgIpc) is 3.07. The molecule has 45 heavy (non-hydrogen) atoms. The van der Waals surface area contributed by atoms with E-state index >= 15 is 0 Å². The molecule has 0 radical (unpaired) electrons. The first kappa shape index (κ1) is 30.0. The van der Waals surface area contributed by atoms with Crippen molar-refractivity contribution in [2.75, 3.05) is 11.9 Å². The van der Waals surface area contributed by atoms with E-state index in [2.05, 4.69) is 10.3 Å². The van der Waals surface area contributed by atoms with Gasteiger partial charge in [-0.25, -0.2) is 23.5 Å². The molecule has 6 rings (SSSR count). The van der Waals surface area contributed by atoms with Gasteiger partial charge in [0, 0.05) is 47.7 Å². The summed E-state index contributed by atoms with van der Waals surface area (Å²) in [5.74, 6) is 0.610. The Bertz CT molecular complexity index is 1830. The molecule has 1 aliphatic rings. The molecule has 0 bridgehead atoms. The SMILES string of the molecule is CCc1cc(NC(=O)N2CCc3nc(-c4cccnc4)nc(-c4ccccc4C)c3C2)cc(-c2ccc(C(O)C(F)F)cc2)c1. The van der Waals surface area contributed by atoms with Crippen molar-refractivity contribution in [3.63, 3.8) is 0 Å². The summed E-state index contributed by atoms with van der Waals surface area (Å²) in [5.41, 5.74) is 9.00. The highest BCUT2D eigenvalue weighted by Gasteiger charge is 2.27. The Morgan fingerprint density at radius 1 is 0.978 bits per heavy atom. The van der Waals surface area contributed by atoms with Gasteiger partial charge < -0.3 is 15.3 Å². The Hall–Kier alpha value is -5.02. The topological polar surface area (TPSA) is 91.2 Å². The molecule has 0 saturated heterocycles. The van der Waals surface area contributed by atoms with Gasteiger partial charge in [0.25, 0.3) is 6.43 Å². The molecule has 9 heteroatoms. The van der Waals surface area contributed by atoms with Crippen LogP contribution in [0.25, 0.3) is 33.8 Å². The van der Waals surface area contributed by atoms with Crippen molar-refractivity contribution in [3.05, 3.63) is 119 Å². The fourth-order valence-corrected chi connectivity index (χ4v) is 5.63. The summed E-state index contributed by atoms with van der Waals surface area (Å²) in [7, 11) is 0. The maximum absolute atomic E-state index is 13.7. The number of aliphatic hydroxyl groups excluding tert-OH is 1. The molecule has 0 fully saturated rings. The quantitative estimate of drug-likeness (QED) is 0.199. The van der Waals surface area contributed by atoms with Crippen molar-refractivity contribution >= 4 is 11.7 Å². The summed E-state index contributed by atoms with van der Waals surface area (Å²) < 4.78 is 25.9. The lowest BCUT2D eigenvalue weighted by atomic mass is 9.96. The van der Waals surface area contributed by atoms with E-state index in [1.807, 2.05) is 68.4 Å². The molecule has 3 aromatic carbocycles. The molecule has 0 spiro atoms. The minimum absolute atomic E-state index is 0.154. The van der Waals surface area contributed by atoms with Crippen molar-refractivity contribution in [2.45, 2.75) is 45.8 Å². The number of anilines is 1. The van der Waals surface area contributed by atoms with Crippen molar-refractivity contribution in [1.29, 1.82) is 0 Å². The van der Waals surface area contributed by atoms with Crippen LogP contribution in [0.4, 0.5) is 19.3 Å². The zero-order valence-corrected chi connectivity index (χ0v) is 25.0. The molecule has 3 heterocycles. The van der Waals surface area contributed by atoms with E-state index in [1.54, 1.807) is 29.4 Å². The van der Waals surface area contributed by atoms with Gasteiger partial charge in [0.05, 0.1) is 17.9 Å².